The fraction of sp³-hybridized carbons (Fsp3) is 0.379. The predicted octanol–water partition coefficient (Wildman–Crippen LogP) is 4.12. The molecule has 8 heteroatoms. The summed E-state index contributed by atoms with van der Waals surface area (Å²) in [7, 11) is 0. The number of hydrogen-bond donors (Lipinski definition) is 1. The molecule has 2 aromatic carbocycles. The molecule has 0 saturated carbocycles. The van der Waals surface area contributed by atoms with Crippen molar-refractivity contribution in [3.05, 3.63) is 83.4 Å². The molecule has 0 aliphatic carbocycles. The molecular weight excluding hydrogens is 468 g/mol. The number of ether oxygens (including phenoxy) is 2. The number of anilines is 1. The van der Waals surface area contributed by atoms with Gasteiger partial charge in [-0.2, -0.15) is 0 Å². The topological polar surface area (TPSA) is 93.6 Å². The first kappa shape index (κ1) is 26.1. The number of carbonyl (C=O) groups is 2. The van der Waals surface area contributed by atoms with Crippen LogP contribution < -0.4 is 15.0 Å². The van der Waals surface area contributed by atoms with E-state index in [-0.39, 0.29) is 25.5 Å². The number of rotatable bonds is 10. The van der Waals surface area contributed by atoms with E-state index in [2.05, 4.69) is 39.5 Å². The van der Waals surface area contributed by atoms with Gasteiger partial charge in [0.05, 0.1) is 12.3 Å². The molecule has 1 saturated heterocycles. The Morgan fingerprint density at radius 2 is 1.68 bits per heavy atom. The van der Waals surface area contributed by atoms with Crippen molar-refractivity contribution in [2.75, 3.05) is 31.1 Å². The van der Waals surface area contributed by atoms with Gasteiger partial charge in [0.2, 0.25) is 0 Å². The minimum atomic E-state index is -0.501. The van der Waals surface area contributed by atoms with Crippen molar-refractivity contribution in [3.63, 3.8) is 0 Å². The quantitative estimate of drug-likeness (QED) is 0.417. The Morgan fingerprint density at radius 1 is 1.00 bits per heavy atom. The summed E-state index contributed by atoms with van der Waals surface area (Å²) in [5, 5.41) is 2.61. The zero-order valence-electron chi connectivity index (χ0n) is 21.5. The van der Waals surface area contributed by atoms with Crippen LogP contribution in [-0.4, -0.2) is 48.1 Å². The summed E-state index contributed by atoms with van der Waals surface area (Å²) < 4.78 is 11.0. The lowest BCUT2D eigenvalue weighted by atomic mass is 9.93. The highest BCUT2D eigenvalue weighted by Gasteiger charge is 2.24. The van der Waals surface area contributed by atoms with Crippen LogP contribution in [0.3, 0.4) is 0 Å². The first-order valence-electron chi connectivity index (χ1n) is 12.8. The Morgan fingerprint density at radius 3 is 2.35 bits per heavy atom. The first-order valence-corrected chi connectivity index (χ1v) is 12.8. The van der Waals surface area contributed by atoms with Gasteiger partial charge in [-0.25, -0.2) is 9.97 Å². The largest absolute Gasteiger partial charge is 0.485 e. The zero-order chi connectivity index (χ0) is 26.0. The van der Waals surface area contributed by atoms with Gasteiger partial charge in [0.15, 0.2) is 11.4 Å². The molecular formula is C29H34N4O4. The number of nitrogens with one attached hydrogen (secondary N) is 1. The average molecular weight is 503 g/mol. The highest BCUT2D eigenvalue weighted by molar-refractivity contribution is 5.96. The Hall–Kier alpha value is -3.94. The molecule has 1 N–H and O–H groups in total. The lowest BCUT2D eigenvalue weighted by molar-refractivity contribution is -0.141. The molecule has 0 atom stereocenters. The number of para-hydroxylation sites is 1. The van der Waals surface area contributed by atoms with Gasteiger partial charge in [-0.15, -0.1) is 0 Å². The summed E-state index contributed by atoms with van der Waals surface area (Å²) in [6.45, 7) is 5.78. The maximum Gasteiger partial charge on any atom is 0.325 e. The number of aromatic nitrogens is 2. The molecule has 0 spiro atoms. The van der Waals surface area contributed by atoms with Crippen molar-refractivity contribution >= 4 is 17.6 Å². The Bertz CT molecular complexity index is 1180. The molecule has 1 aromatic heterocycles. The SMILES string of the molecule is CCOC(=O)CNC(=O)c1nc(CC2CCN(c3ccccc3)CC2)nc(C)c1OCc1ccccc1. The fourth-order valence-corrected chi connectivity index (χ4v) is 4.51. The van der Waals surface area contributed by atoms with Crippen LogP contribution >= 0.6 is 0 Å². The van der Waals surface area contributed by atoms with E-state index in [0.717, 1.165) is 31.5 Å². The van der Waals surface area contributed by atoms with E-state index in [0.29, 0.717) is 29.6 Å². The van der Waals surface area contributed by atoms with Crippen LogP contribution in [0.25, 0.3) is 0 Å². The predicted molar refractivity (Wildman–Crippen MR) is 142 cm³/mol. The van der Waals surface area contributed by atoms with E-state index < -0.39 is 11.9 Å². The van der Waals surface area contributed by atoms with E-state index in [4.69, 9.17) is 14.5 Å². The standard InChI is InChI=1S/C29H34N4O4/c1-3-36-26(34)19-30-29(35)27-28(37-20-23-10-6-4-7-11-23)21(2)31-25(32-27)18-22-14-16-33(17-15-22)24-12-8-5-9-13-24/h4-13,22H,3,14-20H2,1-2H3,(H,30,35). The summed E-state index contributed by atoms with van der Waals surface area (Å²) in [5.74, 6) is 0.378. The van der Waals surface area contributed by atoms with Gasteiger partial charge in [0.1, 0.15) is 19.0 Å². The molecule has 0 unspecified atom stereocenters. The highest BCUT2D eigenvalue weighted by atomic mass is 16.5. The van der Waals surface area contributed by atoms with Crippen LogP contribution in [0, 0.1) is 12.8 Å². The molecule has 8 nitrogen and oxygen atoms in total. The summed E-state index contributed by atoms with van der Waals surface area (Å²) in [6.07, 6.45) is 2.72. The van der Waals surface area contributed by atoms with E-state index in [1.54, 1.807) is 6.92 Å². The minimum Gasteiger partial charge on any atom is -0.485 e. The second-order valence-electron chi connectivity index (χ2n) is 9.14. The molecule has 2 heterocycles. The summed E-state index contributed by atoms with van der Waals surface area (Å²) in [6, 6.07) is 20.1. The van der Waals surface area contributed by atoms with Crippen molar-refractivity contribution in [1.82, 2.24) is 15.3 Å². The minimum absolute atomic E-state index is 0.143. The smallest absolute Gasteiger partial charge is 0.325 e. The van der Waals surface area contributed by atoms with Crippen molar-refractivity contribution in [2.24, 2.45) is 5.92 Å². The monoisotopic (exact) mass is 502 g/mol. The van der Waals surface area contributed by atoms with Crippen LogP contribution in [0.1, 0.15) is 47.3 Å². The van der Waals surface area contributed by atoms with Gasteiger partial charge in [0.25, 0.3) is 5.91 Å². The maximum absolute atomic E-state index is 13.1. The normalized spacial score (nSPS) is 13.7. The molecule has 37 heavy (non-hydrogen) atoms. The van der Waals surface area contributed by atoms with Crippen LogP contribution in [0.5, 0.6) is 5.75 Å². The molecule has 1 aliphatic rings. The molecule has 1 amide bonds. The average Bonchev–Trinajstić information content (AvgIpc) is 2.92. The van der Waals surface area contributed by atoms with Gasteiger partial charge in [0, 0.05) is 25.2 Å². The molecule has 1 aliphatic heterocycles. The van der Waals surface area contributed by atoms with Crippen molar-refractivity contribution < 1.29 is 19.1 Å². The fourth-order valence-electron chi connectivity index (χ4n) is 4.51. The van der Waals surface area contributed by atoms with Gasteiger partial charge < -0.3 is 19.7 Å². The maximum atomic E-state index is 13.1. The first-order chi connectivity index (χ1) is 18.0. The van der Waals surface area contributed by atoms with E-state index in [1.807, 2.05) is 43.3 Å². The Kier molecular flexibility index (Phi) is 9.08. The summed E-state index contributed by atoms with van der Waals surface area (Å²) in [4.78, 5) is 36.6. The molecule has 1 fully saturated rings. The molecule has 194 valence electrons. The zero-order valence-corrected chi connectivity index (χ0v) is 21.5. The Balaban J connectivity index is 1.47. The molecule has 0 bridgehead atoms. The number of aryl methyl sites for hydroxylation is 1. The highest BCUT2D eigenvalue weighted by Crippen LogP contribution is 2.27. The van der Waals surface area contributed by atoms with Crippen molar-refractivity contribution in [1.29, 1.82) is 0 Å². The van der Waals surface area contributed by atoms with Crippen molar-refractivity contribution in [3.8, 4) is 5.75 Å². The second-order valence-corrected chi connectivity index (χ2v) is 9.14. The van der Waals surface area contributed by atoms with Gasteiger partial charge in [-0.05, 0) is 50.3 Å². The lowest BCUT2D eigenvalue weighted by Gasteiger charge is -2.33. The van der Waals surface area contributed by atoms with Crippen LogP contribution in [0.4, 0.5) is 5.69 Å². The van der Waals surface area contributed by atoms with E-state index in [1.165, 1.54) is 5.69 Å². The van der Waals surface area contributed by atoms with E-state index in [9.17, 15) is 9.59 Å². The van der Waals surface area contributed by atoms with Crippen LogP contribution in [0.2, 0.25) is 0 Å². The number of benzene rings is 2. The molecule has 3 aromatic rings. The van der Waals surface area contributed by atoms with Gasteiger partial charge in [-0.1, -0.05) is 48.5 Å². The van der Waals surface area contributed by atoms with Crippen molar-refractivity contribution in [2.45, 2.75) is 39.7 Å². The number of nitrogens with zero attached hydrogens (tertiary/aromatic N) is 3. The number of amides is 1. The number of piperidine rings is 1. The third kappa shape index (κ3) is 7.29. The number of hydrogen-bond acceptors (Lipinski definition) is 7. The molecule has 4 rings (SSSR count). The second kappa shape index (κ2) is 12.9. The van der Waals surface area contributed by atoms with Crippen LogP contribution in [0.15, 0.2) is 60.7 Å². The summed E-state index contributed by atoms with van der Waals surface area (Å²) in [5.41, 5.74) is 2.95. The van der Waals surface area contributed by atoms with Gasteiger partial charge in [-0.3, -0.25) is 9.59 Å². The lowest BCUT2D eigenvalue weighted by Crippen LogP contribution is -2.34. The third-order valence-corrected chi connectivity index (χ3v) is 6.43. The molecule has 0 radical (unpaired) electrons. The van der Waals surface area contributed by atoms with Crippen LogP contribution in [-0.2, 0) is 22.6 Å². The third-order valence-electron chi connectivity index (χ3n) is 6.43. The number of carbonyl (C=O) groups excluding carboxylic acids is 2. The summed E-state index contributed by atoms with van der Waals surface area (Å²) >= 11 is 0. The van der Waals surface area contributed by atoms with E-state index >= 15 is 0 Å². The number of esters is 1. The van der Waals surface area contributed by atoms with Gasteiger partial charge >= 0.3 is 5.97 Å². The Labute approximate surface area is 218 Å².